The van der Waals surface area contributed by atoms with Crippen molar-refractivity contribution >= 4 is 0 Å². The number of hydrogen-bond acceptors (Lipinski definition) is 1. The van der Waals surface area contributed by atoms with Crippen LogP contribution < -0.4 is 0 Å². The summed E-state index contributed by atoms with van der Waals surface area (Å²) < 4.78 is 0. The van der Waals surface area contributed by atoms with Crippen LogP contribution in [-0.2, 0) is 0 Å². The van der Waals surface area contributed by atoms with Gasteiger partial charge in [0.25, 0.3) is 0 Å². The van der Waals surface area contributed by atoms with Crippen LogP contribution in [0.3, 0.4) is 0 Å². The molecule has 1 aromatic rings. The first-order valence-electron chi connectivity index (χ1n) is 5.38. The van der Waals surface area contributed by atoms with Crippen LogP contribution in [0.15, 0.2) is 6.07 Å². The first-order valence-corrected chi connectivity index (χ1v) is 5.38. The second-order valence-corrected chi connectivity index (χ2v) is 3.99. The van der Waals surface area contributed by atoms with Crippen LogP contribution >= 0.6 is 0 Å². The average Bonchev–Trinajstić information content (AvgIpc) is 2.55. The summed E-state index contributed by atoms with van der Waals surface area (Å²) in [4.78, 5) is 0. The number of aromatic amines is 1. The van der Waals surface area contributed by atoms with Crippen molar-refractivity contribution in [2.45, 2.75) is 50.9 Å². The van der Waals surface area contributed by atoms with Crippen LogP contribution in [0.25, 0.3) is 0 Å². The van der Waals surface area contributed by atoms with Crippen molar-refractivity contribution in [2.75, 3.05) is 0 Å². The van der Waals surface area contributed by atoms with Crippen LogP contribution in [-0.4, -0.2) is 10.2 Å². The molecule has 71 valence electrons. The van der Waals surface area contributed by atoms with Crippen molar-refractivity contribution in [2.24, 2.45) is 0 Å². The molecule has 1 saturated carbocycles. The van der Waals surface area contributed by atoms with Crippen LogP contribution in [0.1, 0.15) is 56.6 Å². The summed E-state index contributed by atoms with van der Waals surface area (Å²) in [5.41, 5.74) is 1.29. The van der Waals surface area contributed by atoms with E-state index in [2.05, 4.69) is 16.4 Å². The van der Waals surface area contributed by atoms with Gasteiger partial charge in [0.2, 0.25) is 0 Å². The molecule has 0 atom stereocenters. The molecule has 0 aliphatic heterocycles. The molecular weight excluding hydrogens is 160 g/mol. The molecule has 1 aliphatic rings. The highest BCUT2D eigenvalue weighted by molar-refractivity contribution is 5.04. The molecule has 0 aromatic carbocycles. The average molecular weight is 177 g/mol. The number of H-pyrrole nitrogens is 1. The van der Waals surface area contributed by atoms with Crippen molar-refractivity contribution in [1.29, 1.82) is 0 Å². The van der Waals surface area contributed by atoms with Crippen molar-refractivity contribution < 1.29 is 0 Å². The lowest BCUT2D eigenvalue weighted by Crippen LogP contribution is -2.02. The van der Waals surface area contributed by atoms with E-state index in [4.69, 9.17) is 0 Å². The molecule has 0 spiro atoms. The van der Waals surface area contributed by atoms with Crippen molar-refractivity contribution in [3.8, 4) is 0 Å². The van der Waals surface area contributed by atoms with Gasteiger partial charge in [0.15, 0.2) is 0 Å². The second-order valence-electron chi connectivity index (χ2n) is 3.99. The minimum atomic E-state index is 0.721. The van der Waals surface area contributed by atoms with Crippen LogP contribution in [0.2, 0.25) is 0 Å². The van der Waals surface area contributed by atoms with E-state index in [1.165, 1.54) is 50.6 Å². The third-order valence-corrected chi connectivity index (χ3v) is 3.01. The Kier molecular flexibility index (Phi) is 3.01. The van der Waals surface area contributed by atoms with Crippen molar-refractivity contribution in [3.05, 3.63) is 18.0 Å². The van der Waals surface area contributed by atoms with Gasteiger partial charge in [0.05, 0.1) is 0 Å². The fourth-order valence-electron chi connectivity index (χ4n) is 2.21. The van der Waals surface area contributed by atoms with Gasteiger partial charge in [-0.05, 0) is 18.9 Å². The van der Waals surface area contributed by atoms with Crippen LogP contribution in [0.5, 0.6) is 0 Å². The smallest absolute Gasteiger partial charge is 0.113 e. The lowest BCUT2D eigenvalue weighted by molar-refractivity contribution is 0.449. The summed E-state index contributed by atoms with van der Waals surface area (Å²) in [5, 5.41) is 6.95. The third kappa shape index (κ3) is 2.33. The highest BCUT2D eigenvalue weighted by atomic mass is 15.1. The molecule has 0 unspecified atom stereocenters. The normalized spacial score (nSPS) is 20.9. The maximum atomic E-state index is 3.90. The minimum Gasteiger partial charge on any atom is -0.282 e. The van der Waals surface area contributed by atoms with Gasteiger partial charge in [0.1, 0.15) is 6.20 Å². The second kappa shape index (κ2) is 4.45. The van der Waals surface area contributed by atoms with E-state index in [0.29, 0.717) is 0 Å². The maximum Gasteiger partial charge on any atom is 0.113 e. The van der Waals surface area contributed by atoms with E-state index in [9.17, 15) is 0 Å². The third-order valence-electron chi connectivity index (χ3n) is 3.01. The van der Waals surface area contributed by atoms with E-state index < -0.39 is 0 Å². The predicted molar refractivity (Wildman–Crippen MR) is 52.5 cm³/mol. The van der Waals surface area contributed by atoms with Crippen molar-refractivity contribution in [3.63, 3.8) is 0 Å². The molecule has 0 saturated heterocycles. The number of aromatic nitrogens is 2. The Morgan fingerprint density at radius 1 is 1.15 bits per heavy atom. The lowest BCUT2D eigenvalue weighted by Gasteiger charge is -2.17. The molecule has 1 fully saturated rings. The summed E-state index contributed by atoms with van der Waals surface area (Å²) in [7, 11) is 0. The fourth-order valence-corrected chi connectivity index (χ4v) is 2.21. The Bertz CT molecular complexity index is 220. The van der Waals surface area contributed by atoms with Gasteiger partial charge in [-0.1, -0.05) is 32.1 Å². The summed E-state index contributed by atoms with van der Waals surface area (Å²) in [6.07, 6.45) is 12.5. The fraction of sp³-hybridized carbons (Fsp3) is 0.727. The molecule has 1 radical (unpaired) electrons. The molecule has 1 N–H and O–H groups in total. The Balaban J connectivity index is 1.96. The Morgan fingerprint density at radius 3 is 2.46 bits per heavy atom. The summed E-state index contributed by atoms with van der Waals surface area (Å²) in [6, 6.07) is 2.01. The van der Waals surface area contributed by atoms with E-state index in [1.807, 2.05) is 6.07 Å². The van der Waals surface area contributed by atoms with E-state index in [1.54, 1.807) is 0 Å². The standard InChI is InChI=1S/C11H17N2/c1-2-4-6-10(7-5-3-1)11-8-9-12-13-11/h8,10H,1-7H2,(H,12,13). The Labute approximate surface area is 79.7 Å². The molecule has 1 heterocycles. The molecule has 2 rings (SSSR count). The van der Waals surface area contributed by atoms with E-state index in [0.717, 1.165) is 5.92 Å². The molecule has 0 amide bonds. The molecule has 2 nitrogen and oxygen atoms in total. The SMILES string of the molecule is [c]1cc(C2CCCCCCC2)[nH]n1. The zero-order valence-electron chi connectivity index (χ0n) is 8.05. The zero-order chi connectivity index (χ0) is 8.93. The molecule has 1 aromatic heterocycles. The van der Waals surface area contributed by atoms with Gasteiger partial charge in [-0.2, -0.15) is 5.10 Å². The zero-order valence-corrected chi connectivity index (χ0v) is 8.05. The molecule has 2 heteroatoms. The summed E-state index contributed by atoms with van der Waals surface area (Å²) in [5.74, 6) is 0.721. The minimum absolute atomic E-state index is 0.721. The van der Waals surface area contributed by atoms with Crippen molar-refractivity contribution in [1.82, 2.24) is 10.2 Å². The van der Waals surface area contributed by atoms with Gasteiger partial charge in [0, 0.05) is 11.6 Å². The number of rotatable bonds is 1. The topological polar surface area (TPSA) is 28.7 Å². The molecule has 0 bridgehead atoms. The first-order chi connectivity index (χ1) is 6.47. The van der Waals surface area contributed by atoms with Gasteiger partial charge in [-0.3, -0.25) is 5.10 Å². The first kappa shape index (κ1) is 8.79. The van der Waals surface area contributed by atoms with E-state index in [-0.39, 0.29) is 0 Å². The highest BCUT2D eigenvalue weighted by Gasteiger charge is 2.14. The number of hydrogen-bond donors (Lipinski definition) is 1. The molecule has 13 heavy (non-hydrogen) atoms. The number of nitrogens with zero attached hydrogens (tertiary/aromatic N) is 1. The number of nitrogens with one attached hydrogen (secondary N) is 1. The highest BCUT2D eigenvalue weighted by Crippen LogP contribution is 2.29. The Hall–Kier alpha value is -0.790. The summed E-state index contributed by atoms with van der Waals surface area (Å²) >= 11 is 0. The maximum absolute atomic E-state index is 3.90. The largest absolute Gasteiger partial charge is 0.282 e. The lowest BCUT2D eigenvalue weighted by atomic mass is 9.89. The van der Waals surface area contributed by atoms with Gasteiger partial charge >= 0.3 is 0 Å². The van der Waals surface area contributed by atoms with Crippen LogP contribution in [0.4, 0.5) is 0 Å². The monoisotopic (exact) mass is 177 g/mol. The molecule has 1 aliphatic carbocycles. The molecular formula is C11H17N2. The van der Waals surface area contributed by atoms with Crippen LogP contribution in [0, 0.1) is 6.20 Å². The van der Waals surface area contributed by atoms with Gasteiger partial charge < -0.3 is 0 Å². The van der Waals surface area contributed by atoms with Gasteiger partial charge in [-0.25, -0.2) is 0 Å². The Morgan fingerprint density at radius 2 is 1.85 bits per heavy atom. The van der Waals surface area contributed by atoms with E-state index >= 15 is 0 Å². The van der Waals surface area contributed by atoms with Gasteiger partial charge in [-0.15, -0.1) is 0 Å². The summed E-state index contributed by atoms with van der Waals surface area (Å²) in [6.45, 7) is 0. The quantitative estimate of drug-likeness (QED) is 0.701. The predicted octanol–water partition coefficient (Wildman–Crippen LogP) is 3.04.